The first-order valence-electron chi connectivity index (χ1n) is 4.77. The van der Waals surface area contributed by atoms with Gasteiger partial charge in [0.05, 0.1) is 0 Å². The highest BCUT2D eigenvalue weighted by molar-refractivity contribution is 6.68. The van der Waals surface area contributed by atoms with E-state index in [2.05, 4.69) is 0 Å². The van der Waals surface area contributed by atoms with E-state index in [1.807, 2.05) is 20.8 Å². The minimum Gasteiger partial charge on any atom is -0.276 e. The van der Waals surface area contributed by atoms with Crippen molar-refractivity contribution in [2.75, 3.05) is 0 Å². The van der Waals surface area contributed by atoms with Gasteiger partial charge in [0.2, 0.25) is 0 Å². The molecule has 0 saturated carbocycles. The van der Waals surface area contributed by atoms with Crippen molar-refractivity contribution in [1.29, 1.82) is 0 Å². The number of rotatable bonds is 2. The maximum atomic E-state index is 11.2. The van der Waals surface area contributed by atoms with Gasteiger partial charge in [0.1, 0.15) is 0 Å². The fourth-order valence-corrected chi connectivity index (χ4v) is 1.74. The summed E-state index contributed by atoms with van der Waals surface area (Å²) in [7, 11) is 0. The molecule has 0 amide bonds. The van der Waals surface area contributed by atoms with E-state index in [-0.39, 0.29) is 5.41 Å². The summed E-state index contributed by atoms with van der Waals surface area (Å²) in [6, 6.07) is 4.65. The topological polar surface area (TPSA) is 34.1 Å². The zero-order valence-electron chi connectivity index (χ0n) is 9.30. The summed E-state index contributed by atoms with van der Waals surface area (Å²) in [6.07, 6.45) is 0. The van der Waals surface area contributed by atoms with Crippen LogP contribution in [0.3, 0.4) is 0 Å². The largest absolute Gasteiger partial charge is 0.276 e. The molecule has 2 nitrogen and oxygen atoms in total. The smallest absolute Gasteiger partial charge is 0.252 e. The Bertz CT molecular complexity index is 445. The van der Waals surface area contributed by atoms with E-state index < -0.39 is 10.5 Å². The first kappa shape index (κ1) is 13.2. The number of carbonyl (C=O) groups excluding carboxylic acids is 2. The molecule has 0 aliphatic carbocycles. The van der Waals surface area contributed by atoms with Gasteiger partial charge in [-0.3, -0.25) is 9.59 Å². The van der Waals surface area contributed by atoms with E-state index >= 15 is 0 Å². The molecule has 1 aromatic rings. The molecule has 0 atom stereocenters. The standard InChI is InChI=1S/C12H12Cl2O2/c1-12(2,3)9-6-7(10(13)15)4-5-8(9)11(14)16/h4-6H,1-3H3. The average Bonchev–Trinajstić information content (AvgIpc) is 2.15. The van der Waals surface area contributed by atoms with Crippen molar-refractivity contribution in [3.63, 3.8) is 0 Å². The van der Waals surface area contributed by atoms with Crippen LogP contribution in [-0.4, -0.2) is 10.5 Å². The Kier molecular flexibility index (Phi) is 3.76. The molecule has 4 heteroatoms. The second kappa shape index (κ2) is 4.56. The molecule has 0 fully saturated rings. The predicted molar refractivity (Wildman–Crippen MR) is 65.5 cm³/mol. The summed E-state index contributed by atoms with van der Waals surface area (Å²) in [5.41, 5.74) is 1.23. The summed E-state index contributed by atoms with van der Waals surface area (Å²) < 4.78 is 0. The van der Waals surface area contributed by atoms with Crippen LogP contribution in [0.2, 0.25) is 0 Å². The number of hydrogen-bond donors (Lipinski definition) is 0. The van der Waals surface area contributed by atoms with Gasteiger partial charge in [0.25, 0.3) is 10.5 Å². The summed E-state index contributed by atoms with van der Waals surface area (Å²) >= 11 is 10.9. The Morgan fingerprint density at radius 3 is 2.00 bits per heavy atom. The molecule has 0 aliphatic rings. The molecule has 0 radical (unpaired) electrons. The van der Waals surface area contributed by atoms with Gasteiger partial charge in [-0.1, -0.05) is 20.8 Å². The monoisotopic (exact) mass is 258 g/mol. The molecule has 0 unspecified atom stereocenters. The predicted octanol–water partition coefficient (Wildman–Crippen LogP) is 3.74. The molecular weight excluding hydrogens is 247 g/mol. The van der Waals surface area contributed by atoms with Crippen LogP contribution in [0.1, 0.15) is 47.1 Å². The molecule has 1 rings (SSSR count). The minimum absolute atomic E-state index is 0.276. The lowest BCUT2D eigenvalue weighted by Gasteiger charge is -2.22. The van der Waals surface area contributed by atoms with E-state index in [0.29, 0.717) is 11.1 Å². The van der Waals surface area contributed by atoms with Gasteiger partial charge in [-0.25, -0.2) is 0 Å². The van der Waals surface area contributed by atoms with Crippen LogP contribution >= 0.6 is 23.2 Å². The van der Waals surface area contributed by atoms with Gasteiger partial charge in [-0.2, -0.15) is 0 Å². The zero-order chi connectivity index (χ0) is 12.5. The third-order valence-electron chi connectivity index (χ3n) is 2.27. The van der Waals surface area contributed by atoms with Crippen LogP contribution in [0.15, 0.2) is 18.2 Å². The minimum atomic E-state index is -0.543. The zero-order valence-corrected chi connectivity index (χ0v) is 10.8. The third-order valence-corrected chi connectivity index (χ3v) is 2.69. The lowest BCUT2D eigenvalue weighted by Crippen LogP contribution is -2.16. The van der Waals surface area contributed by atoms with Gasteiger partial charge in [0.15, 0.2) is 0 Å². The van der Waals surface area contributed by atoms with Crippen LogP contribution in [0.25, 0.3) is 0 Å². The summed E-state index contributed by atoms with van der Waals surface area (Å²) in [5, 5.41) is -1.07. The van der Waals surface area contributed by atoms with Crippen molar-refractivity contribution in [2.45, 2.75) is 26.2 Å². The van der Waals surface area contributed by atoms with Gasteiger partial charge < -0.3 is 0 Å². The van der Waals surface area contributed by atoms with E-state index in [0.717, 1.165) is 5.56 Å². The molecule has 0 bridgehead atoms. The molecule has 16 heavy (non-hydrogen) atoms. The van der Waals surface area contributed by atoms with Crippen molar-refractivity contribution in [2.24, 2.45) is 0 Å². The first-order chi connectivity index (χ1) is 7.23. The number of benzene rings is 1. The van der Waals surface area contributed by atoms with Crippen molar-refractivity contribution in [3.8, 4) is 0 Å². The Morgan fingerprint density at radius 2 is 1.62 bits per heavy atom. The summed E-state index contributed by atoms with van der Waals surface area (Å²) in [5.74, 6) is 0. The van der Waals surface area contributed by atoms with Crippen LogP contribution in [-0.2, 0) is 5.41 Å². The first-order valence-corrected chi connectivity index (χ1v) is 5.53. The van der Waals surface area contributed by atoms with Crippen LogP contribution in [0, 0.1) is 0 Å². The molecule has 0 heterocycles. The highest BCUT2D eigenvalue weighted by Crippen LogP contribution is 2.28. The van der Waals surface area contributed by atoms with Crippen molar-refractivity contribution in [1.82, 2.24) is 0 Å². The molecule has 0 N–H and O–H groups in total. The second-order valence-corrected chi connectivity index (χ2v) is 5.24. The molecule has 0 spiro atoms. The van der Waals surface area contributed by atoms with Crippen LogP contribution in [0.4, 0.5) is 0 Å². The molecule has 0 aromatic heterocycles. The van der Waals surface area contributed by atoms with E-state index in [4.69, 9.17) is 23.2 Å². The molecule has 0 saturated heterocycles. The van der Waals surface area contributed by atoms with Crippen molar-refractivity contribution < 1.29 is 9.59 Å². The maximum absolute atomic E-state index is 11.2. The summed E-state index contributed by atoms with van der Waals surface area (Å²) in [4.78, 5) is 22.3. The lowest BCUT2D eigenvalue weighted by atomic mass is 9.83. The molecule has 86 valence electrons. The third kappa shape index (κ3) is 2.83. The maximum Gasteiger partial charge on any atom is 0.252 e. The van der Waals surface area contributed by atoms with Crippen molar-refractivity contribution in [3.05, 3.63) is 34.9 Å². The number of halogens is 2. The Hall–Kier alpha value is -0.860. The van der Waals surface area contributed by atoms with Gasteiger partial charge in [-0.05, 0) is 52.4 Å². The van der Waals surface area contributed by atoms with Crippen LogP contribution < -0.4 is 0 Å². The number of hydrogen-bond acceptors (Lipinski definition) is 2. The molecule has 0 aliphatic heterocycles. The van der Waals surface area contributed by atoms with Crippen LogP contribution in [0.5, 0.6) is 0 Å². The highest BCUT2D eigenvalue weighted by Gasteiger charge is 2.22. The van der Waals surface area contributed by atoms with E-state index in [1.165, 1.54) is 12.1 Å². The SMILES string of the molecule is CC(C)(C)c1cc(C(=O)Cl)ccc1C(=O)Cl. The van der Waals surface area contributed by atoms with E-state index in [9.17, 15) is 9.59 Å². The quantitative estimate of drug-likeness (QED) is 0.758. The summed E-state index contributed by atoms with van der Waals surface area (Å²) in [6.45, 7) is 5.82. The van der Waals surface area contributed by atoms with Gasteiger partial charge in [-0.15, -0.1) is 0 Å². The average molecular weight is 259 g/mol. The highest BCUT2D eigenvalue weighted by atomic mass is 35.5. The van der Waals surface area contributed by atoms with Crippen molar-refractivity contribution >= 4 is 33.7 Å². The fourth-order valence-electron chi connectivity index (χ4n) is 1.46. The van der Waals surface area contributed by atoms with E-state index in [1.54, 1.807) is 6.07 Å². The Morgan fingerprint density at radius 1 is 1.06 bits per heavy atom. The number of carbonyl (C=O) groups is 2. The van der Waals surface area contributed by atoms with Gasteiger partial charge >= 0.3 is 0 Å². The fraction of sp³-hybridized carbons (Fsp3) is 0.333. The second-order valence-electron chi connectivity index (χ2n) is 4.56. The normalized spacial score (nSPS) is 11.3. The van der Waals surface area contributed by atoms with Gasteiger partial charge in [0, 0.05) is 11.1 Å². The lowest BCUT2D eigenvalue weighted by molar-refractivity contribution is 0.106. The molecular formula is C12H12Cl2O2. The Balaban J connectivity index is 3.45. The molecule has 1 aromatic carbocycles. The Labute approximate surface area is 105 Å².